The molecule has 0 fully saturated rings. The summed E-state index contributed by atoms with van der Waals surface area (Å²) in [5, 5.41) is 8.76. The number of carbonyl (C=O) groups excluding carboxylic acids is 1. The van der Waals surface area contributed by atoms with Gasteiger partial charge >= 0.3 is 6.09 Å². The standard InChI is InChI=1S/C10H20NO3/c1-8(7-12)6-11(5)9(13)14-10(2,3)4/h8,12H,1,6-7H2,2-5H3/q+1. The summed E-state index contributed by atoms with van der Waals surface area (Å²) in [6.45, 7) is 9.47. The van der Waals surface area contributed by atoms with Crippen molar-refractivity contribution in [3.05, 3.63) is 6.92 Å². The third-order valence-electron chi connectivity index (χ3n) is 1.50. The van der Waals surface area contributed by atoms with E-state index in [1.54, 1.807) is 7.05 Å². The Labute approximate surface area is 85.9 Å². The third-order valence-corrected chi connectivity index (χ3v) is 1.50. The van der Waals surface area contributed by atoms with Gasteiger partial charge in [-0.3, -0.25) is 0 Å². The Morgan fingerprint density at radius 1 is 1.57 bits per heavy atom. The Morgan fingerprint density at radius 3 is 2.43 bits per heavy atom. The van der Waals surface area contributed by atoms with Crippen LogP contribution in [-0.4, -0.2) is 41.9 Å². The van der Waals surface area contributed by atoms with Gasteiger partial charge in [-0.25, -0.2) is 4.79 Å². The van der Waals surface area contributed by atoms with E-state index in [9.17, 15) is 4.79 Å². The van der Waals surface area contributed by atoms with Gasteiger partial charge in [0.2, 0.25) is 0 Å². The Kier molecular flexibility index (Phi) is 4.77. The van der Waals surface area contributed by atoms with E-state index in [0.717, 1.165) is 0 Å². The Morgan fingerprint density at radius 2 is 2.07 bits per heavy atom. The minimum Gasteiger partial charge on any atom is -0.444 e. The number of carbonyl (C=O) groups is 1. The van der Waals surface area contributed by atoms with Gasteiger partial charge in [0.25, 0.3) is 0 Å². The van der Waals surface area contributed by atoms with E-state index in [1.807, 2.05) is 20.8 Å². The highest BCUT2D eigenvalue weighted by molar-refractivity contribution is 5.67. The number of hydrogen-bond acceptors (Lipinski definition) is 3. The number of rotatable bonds is 3. The molecule has 14 heavy (non-hydrogen) atoms. The van der Waals surface area contributed by atoms with E-state index in [2.05, 4.69) is 6.92 Å². The normalized spacial score (nSPS) is 13.5. The minimum absolute atomic E-state index is 0.0346. The quantitative estimate of drug-likeness (QED) is 0.702. The molecule has 0 radical (unpaired) electrons. The zero-order valence-corrected chi connectivity index (χ0v) is 9.41. The Hall–Kier alpha value is -0.900. The molecule has 4 heteroatoms. The highest BCUT2D eigenvalue weighted by Gasteiger charge is 2.21. The van der Waals surface area contributed by atoms with Crippen molar-refractivity contribution in [3.8, 4) is 0 Å². The van der Waals surface area contributed by atoms with Gasteiger partial charge in [0.1, 0.15) is 11.5 Å². The molecule has 0 rings (SSSR count). The van der Waals surface area contributed by atoms with E-state index in [1.165, 1.54) is 4.90 Å². The van der Waals surface area contributed by atoms with Crippen LogP contribution in [0.25, 0.3) is 0 Å². The molecular formula is C10H20NO3+. The molecule has 0 aromatic carbocycles. The van der Waals surface area contributed by atoms with Crippen LogP contribution in [0.4, 0.5) is 4.79 Å². The molecule has 1 unspecified atom stereocenters. The van der Waals surface area contributed by atoms with Crippen LogP contribution >= 0.6 is 0 Å². The second-order valence-electron chi connectivity index (χ2n) is 4.41. The smallest absolute Gasteiger partial charge is 0.410 e. The summed E-state index contributed by atoms with van der Waals surface area (Å²) in [6, 6.07) is 0. The number of aliphatic hydroxyl groups excluding tert-OH is 1. The van der Waals surface area contributed by atoms with Crippen LogP contribution in [0.5, 0.6) is 0 Å². The van der Waals surface area contributed by atoms with Gasteiger partial charge in [-0.05, 0) is 20.8 Å². The van der Waals surface area contributed by atoms with Gasteiger partial charge in [-0.1, -0.05) is 0 Å². The van der Waals surface area contributed by atoms with Crippen LogP contribution in [0.1, 0.15) is 20.8 Å². The number of ether oxygens (including phenoxy) is 1. The van der Waals surface area contributed by atoms with Crippen LogP contribution in [0.2, 0.25) is 0 Å². The van der Waals surface area contributed by atoms with Crippen molar-refractivity contribution in [1.29, 1.82) is 0 Å². The van der Waals surface area contributed by atoms with E-state index < -0.39 is 5.60 Å². The van der Waals surface area contributed by atoms with E-state index in [4.69, 9.17) is 9.84 Å². The van der Waals surface area contributed by atoms with Gasteiger partial charge in [0.05, 0.1) is 20.1 Å². The third kappa shape index (κ3) is 5.70. The molecule has 4 nitrogen and oxygen atoms in total. The van der Waals surface area contributed by atoms with Crippen molar-refractivity contribution >= 4 is 6.09 Å². The van der Waals surface area contributed by atoms with Gasteiger partial charge in [0, 0.05) is 7.05 Å². The molecule has 0 aromatic heterocycles. The van der Waals surface area contributed by atoms with Crippen molar-refractivity contribution in [1.82, 2.24) is 4.90 Å². The van der Waals surface area contributed by atoms with Gasteiger partial charge in [0.15, 0.2) is 0 Å². The largest absolute Gasteiger partial charge is 0.444 e. The maximum atomic E-state index is 11.4. The Bertz CT molecular complexity index is 186. The fourth-order valence-corrected chi connectivity index (χ4v) is 0.859. The van der Waals surface area contributed by atoms with Crippen molar-refractivity contribution in [3.63, 3.8) is 0 Å². The number of nitrogens with zero attached hydrogens (tertiary/aromatic N) is 1. The molecule has 0 saturated carbocycles. The van der Waals surface area contributed by atoms with E-state index in [0.29, 0.717) is 6.54 Å². The van der Waals surface area contributed by atoms with Crippen molar-refractivity contribution in [2.75, 3.05) is 20.2 Å². The van der Waals surface area contributed by atoms with Gasteiger partial charge in [-0.15, -0.1) is 0 Å². The maximum absolute atomic E-state index is 11.4. The molecule has 0 aliphatic heterocycles. The molecule has 0 heterocycles. The lowest BCUT2D eigenvalue weighted by molar-refractivity contribution is 0.0270. The molecule has 82 valence electrons. The molecule has 0 aliphatic carbocycles. The first-order chi connectivity index (χ1) is 6.26. The van der Waals surface area contributed by atoms with Gasteiger partial charge in [-0.2, -0.15) is 0 Å². The summed E-state index contributed by atoms with van der Waals surface area (Å²) in [7, 11) is 1.63. The first kappa shape index (κ1) is 13.1. The summed E-state index contributed by atoms with van der Waals surface area (Å²) in [4.78, 5) is 12.8. The molecule has 0 spiro atoms. The number of hydrogen-bond donors (Lipinski definition) is 1. The molecule has 1 atom stereocenters. The minimum atomic E-state index is -0.485. The lowest BCUT2D eigenvalue weighted by Gasteiger charge is -2.24. The molecule has 0 saturated heterocycles. The maximum Gasteiger partial charge on any atom is 0.410 e. The zero-order chi connectivity index (χ0) is 11.4. The highest BCUT2D eigenvalue weighted by atomic mass is 16.6. The average molecular weight is 202 g/mol. The molecule has 1 N–H and O–H groups in total. The molecular weight excluding hydrogens is 182 g/mol. The molecule has 0 aromatic rings. The molecule has 0 bridgehead atoms. The predicted molar refractivity (Wildman–Crippen MR) is 54.8 cm³/mol. The SMILES string of the molecule is [CH2+]C(CO)CN(C)C(=O)OC(C)(C)C. The Balaban J connectivity index is 4.00. The summed E-state index contributed by atoms with van der Waals surface area (Å²) in [6.07, 6.45) is -0.389. The summed E-state index contributed by atoms with van der Waals surface area (Å²) in [5.74, 6) is -0.174. The summed E-state index contributed by atoms with van der Waals surface area (Å²) in [5.41, 5.74) is -0.485. The number of amides is 1. The summed E-state index contributed by atoms with van der Waals surface area (Å²) >= 11 is 0. The zero-order valence-electron chi connectivity index (χ0n) is 9.41. The van der Waals surface area contributed by atoms with Crippen molar-refractivity contribution < 1.29 is 14.6 Å². The number of aliphatic hydroxyl groups is 1. The first-order valence-electron chi connectivity index (χ1n) is 4.64. The van der Waals surface area contributed by atoms with Crippen LogP contribution in [-0.2, 0) is 4.74 Å². The first-order valence-corrected chi connectivity index (χ1v) is 4.64. The monoisotopic (exact) mass is 202 g/mol. The van der Waals surface area contributed by atoms with Gasteiger partial charge < -0.3 is 14.7 Å². The molecule has 1 amide bonds. The fourth-order valence-electron chi connectivity index (χ4n) is 0.859. The fraction of sp³-hybridized carbons (Fsp3) is 0.800. The predicted octanol–water partition coefficient (Wildman–Crippen LogP) is 1.30. The van der Waals surface area contributed by atoms with Crippen LogP contribution < -0.4 is 0 Å². The van der Waals surface area contributed by atoms with Crippen LogP contribution in [0, 0.1) is 12.8 Å². The molecule has 0 aliphatic rings. The average Bonchev–Trinajstić information content (AvgIpc) is 2.00. The second kappa shape index (κ2) is 5.10. The second-order valence-corrected chi connectivity index (χ2v) is 4.41. The lowest BCUT2D eigenvalue weighted by atomic mass is 10.2. The van der Waals surface area contributed by atoms with Crippen molar-refractivity contribution in [2.24, 2.45) is 5.92 Å². The van der Waals surface area contributed by atoms with Crippen LogP contribution in [0.3, 0.4) is 0 Å². The van der Waals surface area contributed by atoms with Crippen LogP contribution in [0.15, 0.2) is 0 Å². The highest BCUT2D eigenvalue weighted by Crippen LogP contribution is 2.09. The van der Waals surface area contributed by atoms with Crippen molar-refractivity contribution in [2.45, 2.75) is 26.4 Å². The lowest BCUT2D eigenvalue weighted by Crippen LogP contribution is -2.37. The van der Waals surface area contributed by atoms with E-state index in [-0.39, 0.29) is 18.6 Å². The van der Waals surface area contributed by atoms with E-state index >= 15 is 0 Å². The topological polar surface area (TPSA) is 49.8 Å². The summed E-state index contributed by atoms with van der Waals surface area (Å²) < 4.78 is 5.12.